The van der Waals surface area contributed by atoms with Gasteiger partial charge in [-0.05, 0) is 47.9 Å². The Morgan fingerprint density at radius 2 is 1.71 bits per heavy atom. The summed E-state index contributed by atoms with van der Waals surface area (Å²) in [7, 11) is 4.76. The highest BCUT2D eigenvalue weighted by Gasteiger charge is 2.17. The Balaban J connectivity index is 1.67. The molecule has 0 radical (unpaired) electrons. The fourth-order valence-corrected chi connectivity index (χ4v) is 4.59. The van der Waals surface area contributed by atoms with E-state index >= 15 is 0 Å². The molecule has 0 amide bonds. The van der Waals surface area contributed by atoms with Gasteiger partial charge in [0.2, 0.25) is 0 Å². The topological polar surface area (TPSA) is 75.8 Å². The molecule has 0 aliphatic heterocycles. The van der Waals surface area contributed by atoms with Crippen LogP contribution in [0.15, 0.2) is 64.8 Å². The molecular formula is C25H25N3O4S2. The van der Waals surface area contributed by atoms with Gasteiger partial charge in [-0.2, -0.15) is 0 Å². The molecule has 2 aromatic carbocycles. The molecule has 2 aromatic heterocycles. The molecule has 0 aliphatic carbocycles. The largest absolute Gasteiger partial charge is 0.495 e. The van der Waals surface area contributed by atoms with Crippen molar-refractivity contribution in [2.75, 3.05) is 26.6 Å². The predicted molar refractivity (Wildman–Crippen MR) is 140 cm³/mol. The van der Waals surface area contributed by atoms with Gasteiger partial charge < -0.3 is 29.4 Å². The maximum atomic E-state index is 13.0. The molecule has 2 heterocycles. The van der Waals surface area contributed by atoms with Crippen molar-refractivity contribution in [1.29, 1.82) is 0 Å². The lowest BCUT2D eigenvalue weighted by Gasteiger charge is -2.26. The number of hydrogen-bond donors (Lipinski definition) is 2. The smallest absolute Gasteiger partial charge is 0.253 e. The summed E-state index contributed by atoms with van der Waals surface area (Å²) >= 11 is 7.40. The van der Waals surface area contributed by atoms with Crippen LogP contribution in [0.1, 0.15) is 10.4 Å². The van der Waals surface area contributed by atoms with E-state index in [0.717, 1.165) is 16.0 Å². The quantitative estimate of drug-likeness (QED) is 0.333. The minimum atomic E-state index is -0.184. The fourth-order valence-electron chi connectivity index (χ4n) is 3.63. The summed E-state index contributed by atoms with van der Waals surface area (Å²) in [5.74, 6) is 1.84. The number of thiophene rings is 1. The number of benzene rings is 2. The second kappa shape index (κ2) is 10.6. The van der Waals surface area contributed by atoms with Crippen molar-refractivity contribution in [2.45, 2.75) is 13.1 Å². The van der Waals surface area contributed by atoms with Crippen molar-refractivity contribution >= 4 is 45.3 Å². The predicted octanol–water partition coefficient (Wildman–Crippen LogP) is 5.01. The number of rotatable bonds is 8. The third-order valence-corrected chi connectivity index (χ3v) is 6.57. The Bertz CT molecular complexity index is 1350. The zero-order chi connectivity index (χ0) is 24.1. The molecule has 0 saturated heterocycles. The molecule has 9 heteroatoms. The van der Waals surface area contributed by atoms with Gasteiger partial charge in [0.25, 0.3) is 5.56 Å². The van der Waals surface area contributed by atoms with Gasteiger partial charge in [-0.3, -0.25) is 4.79 Å². The number of hydrogen-bond acceptors (Lipinski definition) is 6. The van der Waals surface area contributed by atoms with E-state index in [9.17, 15) is 4.79 Å². The number of aromatic nitrogens is 1. The van der Waals surface area contributed by atoms with Gasteiger partial charge in [0.1, 0.15) is 5.75 Å². The molecule has 0 saturated carbocycles. The number of para-hydroxylation sites is 2. The molecule has 176 valence electrons. The van der Waals surface area contributed by atoms with E-state index in [1.54, 1.807) is 38.7 Å². The van der Waals surface area contributed by atoms with E-state index in [1.807, 2.05) is 58.8 Å². The van der Waals surface area contributed by atoms with E-state index in [2.05, 4.69) is 10.3 Å². The summed E-state index contributed by atoms with van der Waals surface area (Å²) in [5.41, 5.74) is 1.83. The van der Waals surface area contributed by atoms with E-state index in [1.165, 1.54) is 0 Å². The first-order valence-corrected chi connectivity index (χ1v) is 11.8. The summed E-state index contributed by atoms with van der Waals surface area (Å²) in [5, 5.41) is 6.62. The minimum Gasteiger partial charge on any atom is -0.495 e. The number of ether oxygens (including phenoxy) is 3. The summed E-state index contributed by atoms with van der Waals surface area (Å²) in [4.78, 5) is 19.0. The summed E-state index contributed by atoms with van der Waals surface area (Å²) in [6.45, 7) is 0.876. The van der Waals surface area contributed by atoms with Crippen LogP contribution < -0.4 is 25.1 Å². The molecule has 0 unspecified atom stereocenters. The van der Waals surface area contributed by atoms with Gasteiger partial charge in [-0.25, -0.2) is 0 Å². The number of anilines is 1. The highest BCUT2D eigenvalue weighted by atomic mass is 32.1. The molecule has 34 heavy (non-hydrogen) atoms. The Labute approximate surface area is 206 Å². The van der Waals surface area contributed by atoms with Gasteiger partial charge in [0.15, 0.2) is 16.6 Å². The summed E-state index contributed by atoms with van der Waals surface area (Å²) in [6.07, 6.45) is 0. The van der Waals surface area contributed by atoms with Crippen LogP contribution in [0.3, 0.4) is 0 Å². The molecule has 0 fully saturated rings. The number of methoxy groups -OCH3 is 3. The molecule has 0 aliphatic rings. The average Bonchev–Trinajstić information content (AvgIpc) is 3.36. The van der Waals surface area contributed by atoms with Crippen molar-refractivity contribution < 1.29 is 14.2 Å². The second-order valence-electron chi connectivity index (χ2n) is 7.48. The minimum absolute atomic E-state index is 0.184. The number of pyridine rings is 1. The van der Waals surface area contributed by atoms with E-state index in [4.69, 9.17) is 26.4 Å². The molecule has 0 atom stereocenters. The van der Waals surface area contributed by atoms with Crippen LogP contribution in [-0.2, 0) is 13.1 Å². The SMILES string of the molecule is COc1ccccc1NC(=S)N(Cc1cccs1)Cc1cc2cc(OC)c(OC)cc2[nH]c1=O. The van der Waals surface area contributed by atoms with E-state index in [0.29, 0.717) is 46.5 Å². The number of nitrogens with one attached hydrogen (secondary N) is 2. The lowest BCUT2D eigenvalue weighted by atomic mass is 10.1. The zero-order valence-electron chi connectivity index (χ0n) is 19.1. The van der Waals surface area contributed by atoms with Gasteiger partial charge in [0.05, 0.1) is 45.6 Å². The van der Waals surface area contributed by atoms with Crippen molar-refractivity contribution in [2.24, 2.45) is 0 Å². The molecule has 0 spiro atoms. The van der Waals surface area contributed by atoms with Crippen molar-refractivity contribution in [3.05, 3.63) is 80.8 Å². The van der Waals surface area contributed by atoms with E-state index < -0.39 is 0 Å². The third-order valence-electron chi connectivity index (χ3n) is 5.35. The molecule has 0 bridgehead atoms. The van der Waals surface area contributed by atoms with Crippen LogP contribution in [0.4, 0.5) is 5.69 Å². The van der Waals surface area contributed by atoms with Gasteiger partial charge in [0, 0.05) is 21.9 Å². The van der Waals surface area contributed by atoms with Crippen LogP contribution in [0, 0.1) is 0 Å². The fraction of sp³-hybridized carbons (Fsp3) is 0.200. The molecule has 7 nitrogen and oxygen atoms in total. The monoisotopic (exact) mass is 495 g/mol. The van der Waals surface area contributed by atoms with Crippen molar-refractivity contribution in [3.8, 4) is 17.2 Å². The first kappa shape index (κ1) is 23.6. The molecule has 4 rings (SSSR count). The highest BCUT2D eigenvalue weighted by molar-refractivity contribution is 7.80. The Morgan fingerprint density at radius 1 is 0.971 bits per heavy atom. The number of nitrogens with zero attached hydrogens (tertiary/aromatic N) is 1. The van der Waals surface area contributed by atoms with Crippen molar-refractivity contribution in [1.82, 2.24) is 9.88 Å². The van der Waals surface area contributed by atoms with Crippen molar-refractivity contribution in [3.63, 3.8) is 0 Å². The Hall–Kier alpha value is -3.56. The Morgan fingerprint density at radius 3 is 2.41 bits per heavy atom. The average molecular weight is 496 g/mol. The van der Waals surface area contributed by atoms with Crippen LogP contribution >= 0.6 is 23.6 Å². The van der Waals surface area contributed by atoms with Crippen LogP contribution in [0.25, 0.3) is 10.9 Å². The van der Waals surface area contributed by atoms with Gasteiger partial charge in [-0.15, -0.1) is 11.3 Å². The van der Waals surface area contributed by atoms with Gasteiger partial charge in [-0.1, -0.05) is 18.2 Å². The van der Waals surface area contributed by atoms with E-state index in [-0.39, 0.29) is 5.56 Å². The summed E-state index contributed by atoms with van der Waals surface area (Å²) < 4.78 is 16.2. The second-order valence-corrected chi connectivity index (χ2v) is 8.90. The number of thiocarbonyl (C=S) groups is 1. The third kappa shape index (κ3) is 5.16. The number of H-pyrrole nitrogens is 1. The first-order chi connectivity index (χ1) is 16.5. The van der Waals surface area contributed by atoms with Crippen LogP contribution in [0.2, 0.25) is 0 Å². The maximum absolute atomic E-state index is 13.0. The van der Waals surface area contributed by atoms with Crippen LogP contribution in [0.5, 0.6) is 17.2 Å². The zero-order valence-corrected chi connectivity index (χ0v) is 20.7. The number of fused-ring (bicyclic) bond motifs is 1. The summed E-state index contributed by atoms with van der Waals surface area (Å²) in [6, 6.07) is 17.1. The first-order valence-electron chi connectivity index (χ1n) is 10.5. The molecule has 2 N–H and O–H groups in total. The van der Waals surface area contributed by atoms with Crippen LogP contribution in [-0.4, -0.2) is 36.3 Å². The normalized spacial score (nSPS) is 10.7. The Kier molecular flexibility index (Phi) is 7.34. The van der Waals surface area contributed by atoms with Gasteiger partial charge >= 0.3 is 0 Å². The highest BCUT2D eigenvalue weighted by Crippen LogP contribution is 2.31. The number of aromatic amines is 1. The molecular weight excluding hydrogens is 470 g/mol. The standard InChI is InChI=1S/C25H25N3O4S2/c1-30-21-9-5-4-8-19(21)27-25(33)28(15-18-7-6-10-34-18)14-17-11-16-12-22(31-2)23(32-3)13-20(16)26-24(17)29/h4-13H,14-15H2,1-3H3,(H,26,29)(H,27,33). The molecule has 4 aromatic rings. The lowest BCUT2D eigenvalue weighted by Crippen LogP contribution is -2.35. The lowest BCUT2D eigenvalue weighted by molar-refractivity contribution is 0.355. The maximum Gasteiger partial charge on any atom is 0.253 e.